The van der Waals surface area contributed by atoms with E-state index in [4.69, 9.17) is 0 Å². The summed E-state index contributed by atoms with van der Waals surface area (Å²) in [4.78, 5) is 12.4. The summed E-state index contributed by atoms with van der Waals surface area (Å²) in [5.74, 6) is 4.04. The van der Waals surface area contributed by atoms with Gasteiger partial charge in [0.2, 0.25) is 0 Å². The molecule has 1 N–H and O–H groups in total. The lowest BCUT2D eigenvalue weighted by atomic mass is 9.45. The second-order valence-corrected chi connectivity index (χ2v) is 10.5. The SMILES string of the molecule is CC(=O)[C@H]1[C@H](C)C[C@H]2[C@@H]3C[C@H](C)C4=C[C@@H](O)CC[C@]4(C)[C@H]3CC[C@@]21C. The molecule has 0 spiro atoms. The molecule has 0 aromatic heterocycles. The van der Waals surface area contributed by atoms with Crippen LogP contribution in [-0.2, 0) is 4.79 Å². The van der Waals surface area contributed by atoms with E-state index >= 15 is 0 Å². The van der Waals surface area contributed by atoms with Crippen LogP contribution in [0, 0.1) is 46.3 Å². The maximum Gasteiger partial charge on any atom is 0.133 e. The number of allylic oxidation sites excluding steroid dienone is 1. The monoisotopic (exact) mass is 344 g/mol. The predicted octanol–water partition coefficient (Wildman–Crippen LogP) is 5.01. The molecule has 0 aromatic rings. The standard InChI is InChI=1S/C23H36O2/c1-13-10-17-18(22(4)8-6-16(25)12-19(13)22)7-9-23(5)20(17)11-14(2)21(23)15(3)24/h12-14,16-18,20-21,25H,6-11H2,1-5H3/t13-,14+,16-,17+,18-,20-,21+,22+,23-/m0/s1. The molecule has 3 saturated carbocycles. The van der Waals surface area contributed by atoms with E-state index in [-0.39, 0.29) is 22.9 Å². The van der Waals surface area contributed by atoms with E-state index in [9.17, 15) is 9.90 Å². The zero-order valence-electron chi connectivity index (χ0n) is 16.7. The third-order valence-corrected chi connectivity index (χ3v) is 9.18. The summed E-state index contributed by atoms with van der Waals surface area (Å²) in [6.45, 7) is 11.5. The van der Waals surface area contributed by atoms with Crippen LogP contribution in [0.3, 0.4) is 0 Å². The van der Waals surface area contributed by atoms with E-state index in [0.717, 1.165) is 24.7 Å². The molecule has 0 aromatic carbocycles. The molecule has 0 amide bonds. The Morgan fingerprint density at radius 1 is 1.12 bits per heavy atom. The Bertz CT molecular complexity index is 607. The molecule has 4 aliphatic rings. The van der Waals surface area contributed by atoms with Crippen LogP contribution in [0.2, 0.25) is 0 Å². The number of Topliss-reactive ketones (excluding diaryl/α,β-unsaturated/α-hetero) is 1. The molecule has 0 unspecified atom stereocenters. The Hall–Kier alpha value is -0.630. The molecule has 2 heteroatoms. The number of hydrogen-bond donors (Lipinski definition) is 1. The molecule has 9 atom stereocenters. The fourth-order valence-electron chi connectivity index (χ4n) is 8.37. The summed E-state index contributed by atoms with van der Waals surface area (Å²) in [5.41, 5.74) is 2.04. The summed E-state index contributed by atoms with van der Waals surface area (Å²) in [6.07, 6.45) is 9.02. The first-order valence-electron chi connectivity index (χ1n) is 10.6. The number of aliphatic hydroxyl groups excluding tert-OH is 1. The topological polar surface area (TPSA) is 37.3 Å². The van der Waals surface area contributed by atoms with Crippen LogP contribution in [0.15, 0.2) is 11.6 Å². The van der Waals surface area contributed by atoms with Crippen molar-refractivity contribution >= 4 is 5.78 Å². The Morgan fingerprint density at radius 2 is 1.84 bits per heavy atom. The maximum absolute atomic E-state index is 12.4. The number of hydrogen-bond acceptors (Lipinski definition) is 2. The summed E-state index contributed by atoms with van der Waals surface area (Å²) in [5, 5.41) is 10.2. The summed E-state index contributed by atoms with van der Waals surface area (Å²) in [7, 11) is 0. The van der Waals surface area contributed by atoms with E-state index in [1.165, 1.54) is 25.7 Å². The quantitative estimate of drug-likeness (QED) is 0.679. The molecule has 4 aliphatic carbocycles. The highest BCUT2D eigenvalue weighted by Gasteiger charge is 2.62. The van der Waals surface area contributed by atoms with E-state index in [0.29, 0.717) is 23.5 Å². The third kappa shape index (κ3) is 2.35. The maximum atomic E-state index is 12.4. The molecular formula is C23H36O2. The number of rotatable bonds is 1. The highest BCUT2D eigenvalue weighted by Crippen LogP contribution is 2.68. The van der Waals surface area contributed by atoms with Crippen molar-refractivity contribution in [2.45, 2.75) is 79.2 Å². The van der Waals surface area contributed by atoms with Gasteiger partial charge < -0.3 is 5.11 Å². The van der Waals surface area contributed by atoms with Crippen molar-refractivity contribution in [3.05, 3.63) is 11.6 Å². The average Bonchev–Trinajstić information content (AvgIpc) is 2.80. The van der Waals surface area contributed by atoms with Crippen LogP contribution in [0.5, 0.6) is 0 Å². The molecule has 0 heterocycles. The molecule has 0 saturated heterocycles. The molecule has 4 rings (SSSR count). The van der Waals surface area contributed by atoms with Crippen LogP contribution in [0.25, 0.3) is 0 Å². The largest absolute Gasteiger partial charge is 0.389 e. The van der Waals surface area contributed by atoms with Gasteiger partial charge in [-0.2, -0.15) is 0 Å². The Balaban J connectivity index is 1.72. The summed E-state index contributed by atoms with van der Waals surface area (Å²) < 4.78 is 0. The lowest BCUT2D eigenvalue weighted by molar-refractivity contribution is -0.129. The average molecular weight is 345 g/mol. The van der Waals surface area contributed by atoms with Gasteiger partial charge in [-0.05, 0) is 85.9 Å². The Morgan fingerprint density at radius 3 is 2.52 bits per heavy atom. The van der Waals surface area contributed by atoms with Crippen molar-refractivity contribution in [3.8, 4) is 0 Å². The first kappa shape index (κ1) is 17.8. The second kappa shape index (κ2) is 5.68. The molecule has 0 radical (unpaired) electrons. The lowest BCUT2D eigenvalue weighted by Gasteiger charge is -2.60. The molecule has 0 bridgehead atoms. The van der Waals surface area contributed by atoms with E-state index in [2.05, 4.69) is 33.8 Å². The van der Waals surface area contributed by atoms with Gasteiger partial charge in [-0.3, -0.25) is 4.79 Å². The van der Waals surface area contributed by atoms with Crippen LogP contribution in [0.4, 0.5) is 0 Å². The van der Waals surface area contributed by atoms with Gasteiger partial charge >= 0.3 is 0 Å². The molecule has 2 nitrogen and oxygen atoms in total. The smallest absolute Gasteiger partial charge is 0.133 e. The minimum Gasteiger partial charge on any atom is -0.389 e. The van der Waals surface area contributed by atoms with Crippen molar-refractivity contribution in [1.82, 2.24) is 0 Å². The fourth-order valence-corrected chi connectivity index (χ4v) is 8.37. The van der Waals surface area contributed by atoms with Crippen molar-refractivity contribution < 1.29 is 9.90 Å². The van der Waals surface area contributed by atoms with Crippen LogP contribution < -0.4 is 0 Å². The normalized spacial score (nSPS) is 55.0. The highest BCUT2D eigenvalue weighted by atomic mass is 16.3. The van der Waals surface area contributed by atoms with E-state index < -0.39 is 0 Å². The van der Waals surface area contributed by atoms with Crippen LogP contribution in [-0.4, -0.2) is 17.0 Å². The van der Waals surface area contributed by atoms with Crippen molar-refractivity contribution in [3.63, 3.8) is 0 Å². The number of fused-ring (bicyclic) bond motifs is 5. The molecule has 140 valence electrons. The van der Waals surface area contributed by atoms with Gasteiger partial charge in [0.25, 0.3) is 0 Å². The summed E-state index contributed by atoms with van der Waals surface area (Å²) in [6, 6.07) is 0. The predicted molar refractivity (Wildman–Crippen MR) is 101 cm³/mol. The van der Waals surface area contributed by atoms with Gasteiger partial charge in [0.15, 0.2) is 0 Å². The first-order chi connectivity index (χ1) is 11.7. The molecule has 25 heavy (non-hydrogen) atoms. The number of ketones is 1. The number of carbonyl (C=O) groups is 1. The Kier molecular flexibility index (Phi) is 4.04. The number of carbonyl (C=O) groups excluding carboxylic acids is 1. The second-order valence-electron chi connectivity index (χ2n) is 10.5. The van der Waals surface area contributed by atoms with Crippen molar-refractivity contribution in [1.29, 1.82) is 0 Å². The van der Waals surface area contributed by atoms with Crippen LogP contribution >= 0.6 is 0 Å². The molecular weight excluding hydrogens is 308 g/mol. The minimum atomic E-state index is -0.232. The zero-order chi connectivity index (χ0) is 18.1. The van der Waals surface area contributed by atoms with Gasteiger partial charge in [-0.1, -0.05) is 39.3 Å². The van der Waals surface area contributed by atoms with Gasteiger partial charge in [0, 0.05) is 5.92 Å². The van der Waals surface area contributed by atoms with E-state index in [1.54, 1.807) is 5.57 Å². The molecule has 3 fully saturated rings. The molecule has 0 aliphatic heterocycles. The van der Waals surface area contributed by atoms with E-state index in [1.807, 2.05) is 6.92 Å². The van der Waals surface area contributed by atoms with Gasteiger partial charge in [-0.15, -0.1) is 0 Å². The van der Waals surface area contributed by atoms with Crippen LogP contribution in [0.1, 0.15) is 73.1 Å². The zero-order valence-corrected chi connectivity index (χ0v) is 16.7. The number of aliphatic hydroxyl groups is 1. The summed E-state index contributed by atoms with van der Waals surface area (Å²) >= 11 is 0. The third-order valence-electron chi connectivity index (χ3n) is 9.18. The highest BCUT2D eigenvalue weighted by molar-refractivity contribution is 5.80. The fraction of sp³-hybridized carbons (Fsp3) is 0.870. The minimum absolute atomic E-state index is 0.220. The van der Waals surface area contributed by atoms with Crippen molar-refractivity contribution in [2.24, 2.45) is 46.3 Å². The first-order valence-corrected chi connectivity index (χ1v) is 10.6. The van der Waals surface area contributed by atoms with Gasteiger partial charge in [-0.25, -0.2) is 0 Å². The van der Waals surface area contributed by atoms with Gasteiger partial charge in [0.05, 0.1) is 6.10 Å². The van der Waals surface area contributed by atoms with Crippen molar-refractivity contribution in [2.75, 3.05) is 0 Å². The van der Waals surface area contributed by atoms with Gasteiger partial charge in [0.1, 0.15) is 5.78 Å². The lowest BCUT2D eigenvalue weighted by Crippen LogP contribution is -2.53. The Labute approximate surface area is 153 Å².